The molecule has 0 radical (unpaired) electrons. The predicted octanol–water partition coefficient (Wildman–Crippen LogP) is 5.61. The number of ketones is 1. The third kappa shape index (κ3) is 5.42. The first-order chi connectivity index (χ1) is 14.2. The standard InChI is InChI=1S/C24H21FO4S/c1-17(2)19-6-3-18(4-7-19)5-16-24(26)20-8-12-22(13-9-20)29-30(27,28)23-14-10-21(25)11-15-23/h3-17H,1-2H3/b16-5+. The molecule has 0 saturated heterocycles. The van der Waals surface area contributed by atoms with Gasteiger partial charge in [-0.3, -0.25) is 4.79 Å². The third-order valence-corrected chi connectivity index (χ3v) is 5.74. The largest absolute Gasteiger partial charge is 0.379 e. The van der Waals surface area contributed by atoms with Gasteiger partial charge in [0.2, 0.25) is 0 Å². The van der Waals surface area contributed by atoms with Crippen LogP contribution in [-0.4, -0.2) is 14.2 Å². The number of halogens is 1. The van der Waals surface area contributed by atoms with Crippen LogP contribution in [0, 0.1) is 5.82 Å². The van der Waals surface area contributed by atoms with Gasteiger partial charge < -0.3 is 4.18 Å². The average molecular weight is 424 g/mol. The second kappa shape index (κ2) is 9.05. The topological polar surface area (TPSA) is 60.4 Å². The molecule has 0 amide bonds. The maximum absolute atomic E-state index is 13.0. The molecule has 0 aliphatic heterocycles. The normalized spacial score (nSPS) is 11.7. The molecule has 0 heterocycles. The van der Waals surface area contributed by atoms with Crippen molar-refractivity contribution >= 4 is 22.0 Å². The quantitative estimate of drug-likeness (QED) is 0.281. The van der Waals surface area contributed by atoms with Crippen molar-refractivity contribution in [1.29, 1.82) is 0 Å². The molecule has 3 aromatic rings. The summed E-state index contributed by atoms with van der Waals surface area (Å²) in [4.78, 5) is 12.2. The highest BCUT2D eigenvalue weighted by molar-refractivity contribution is 7.87. The van der Waals surface area contributed by atoms with E-state index < -0.39 is 15.9 Å². The number of allylic oxidation sites excluding steroid dienone is 1. The van der Waals surface area contributed by atoms with Gasteiger partial charge in [0, 0.05) is 5.56 Å². The first kappa shape index (κ1) is 21.5. The summed E-state index contributed by atoms with van der Waals surface area (Å²) in [6, 6.07) is 18.1. The zero-order valence-electron chi connectivity index (χ0n) is 16.6. The summed E-state index contributed by atoms with van der Waals surface area (Å²) in [7, 11) is -4.08. The van der Waals surface area contributed by atoms with Crippen molar-refractivity contribution in [2.24, 2.45) is 0 Å². The summed E-state index contributed by atoms with van der Waals surface area (Å²) in [6.07, 6.45) is 3.20. The Hall–Kier alpha value is -3.25. The molecule has 0 saturated carbocycles. The minimum absolute atomic E-state index is 0.0594. The van der Waals surface area contributed by atoms with Crippen molar-refractivity contribution in [3.8, 4) is 5.75 Å². The summed E-state index contributed by atoms with van der Waals surface area (Å²) in [5, 5.41) is 0. The van der Waals surface area contributed by atoms with Gasteiger partial charge in [0.05, 0.1) is 0 Å². The summed E-state index contributed by atoms with van der Waals surface area (Å²) in [5.74, 6) is -0.252. The molecule has 0 unspecified atom stereocenters. The van der Waals surface area contributed by atoms with Crippen LogP contribution in [0.4, 0.5) is 4.39 Å². The van der Waals surface area contributed by atoms with Gasteiger partial charge in [-0.25, -0.2) is 4.39 Å². The van der Waals surface area contributed by atoms with E-state index >= 15 is 0 Å². The van der Waals surface area contributed by atoms with E-state index in [-0.39, 0.29) is 16.4 Å². The van der Waals surface area contributed by atoms with E-state index in [2.05, 4.69) is 13.8 Å². The third-order valence-electron chi connectivity index (χ3n) is 4.48. The molecule has 30 heavy (non-hydrogen) atoms. The lowest BCUT2D eigenvalue weighted by Crippen LogP contribution is -2.09. The van der Waals surface area contributed by atoms with Crippen LogP contribution in [0.5, 0.6) is 5.75 Å². The van der Waals surface area contributed by atoms with Crippen LogP contribution in [0.25, 0.3) is 6.08 Å². The van der Waals surface area contributed by atoms with Gasteiger partial charge in [-0.05, 0) is 71.7 Å². The molecule has 0 aliphatic carbocycles. The number of hydrogen-bond donors (Lipinski definition) is 0. The molecular weight excluding hydrogens is 403 g/mol. The van der Waals surface area contributed by atoms with Gasteiger partial charge in [0.15, 0.2) is 5.78 Å². The molecule has 3 rings (SSSR count). The van der Waals surface area contributed by atoms with E-state index in [0.717, 1.165) is 29.8 Å². The Morgan fingerprint density at radius 3 is 2.07 bits per heavy atom. The zero-order chi connectivity index (χ0) is 21.7. The molecule has 0 N–H and O–H groups in total. The number of hydrogen-bond acceptors (Lipinski definition) is 4. The maximum atomic E-state index is 13.0. The molecule has 0 spiro atoms. The SMILES string of the molecule is CC(C)c1ccc(/C=C/C(=O)c2ccc(OS(=O)(=O)c3ccc(F)cc3)cc2)cc1. The number of rotatable bonds is 7. The fourth-order valence-corrected chi connectivity index (χ4v) is 3.64. The first-order valence-corrected chi connectivity index (χ1v) is 10.8. The zero-order valence-corrected chi connectivity index (χ0v) is 17.4. The Kier molecular flexibility index (Phi) is 6.47. The minimum atomic E-state index is -4.08. The van der Waals surface area contributed by atoms with E-state index in [9.17, 15) is 17.6 Å². The Morgan fingerprint density at radius 2 is 1.50 bits per heavy atom. The molecule has 0 fully saturated rings. The van der Waals surface area contributed by atoms with Gasteiger partial charge in [0.1, 0.15) is 16.5 Å². The highest BCUT2D eigenvalue weighted by atomic mass is 32.2. The summed E-state index contributed by atoms with van der Waals surface area (Å²) in [5.41, 5.74) is 2.54. The van der Waals surface area contributed by atoms with E-state index in [1.165, 1.54) is 35.9 Å². The van der Waals surface area contributed by atoms with Crippen LogP contribution in [0.2, 0.25) is 0 Å². The lowest BCUT2D eigenvalue weighted by Gasteiger charge is -2.07. The Labute approximate surface area is 175 Å². The van der Waals surface area contributed by atoms with Crippen molar-refractivity contribution in [1.82, 2.24) is 0 Å². The summed E-state index contributed by atoms with van der Waals surface area (Å²) in [6.45, 7) is 4.24. The van der Waals surface area contributed by atoms with Crippen LogP contribution in [-0.2, 0) is 10.1 Å². The van der Waals surface area contributed by atoms with Gasteiger partial charge >= 0.3 is 10.1 Å². The van der Waals surface area contributed by atoms with Crippen LogP contribution >= 0.6 is 0 Å². The molecule has 0 bridgehead atoms. The van der Waals surface area contributed by atoms with Gasteiger partial charge in [-0.1, -0.05) is 44.2 Å². The maximum Gasteiger partial charge on any atom is 0.339 e. The number of benzene rings is 3. The van der Waals surface area contributed by atoms with Crippen LogP contribution in [0.15, 0.2) is 83.8 Å². The lowest BCUT2D eigenvalue weighted by molar-refractivity contribution is 0.104. The van der Waals surface area contributed by atoms with Crippen LogP contribution in [0.3, 0.4) is 0 Å². The second-order valence-corrected chi connectivity index (χ2v) is 8.58. The van der Waals surface area contributed by atoms with Gasteiger partial charge in [-0.15, -0.1) is 0 Å². The molecular formula is C24H21FO4S. The molecule has 0 aliphatic rings. The molecule has 154 valence electrons. The Morgan fingerprint density at radius 1 is 0.900 bits per heavy atom. The smallest absolute Gasteiger partial charge is 0.339 e. The van der Waals surface area contributed by atoms with E-state index in [4.69, 9.17) is 4.18 Å². The fourth-order valence-electron chi connectivity index (χ4n) is 2.71. The van der Waals surface area contributed by atoms with Crippen LogP contribution < -0.4 is 4.18 Å². The van der Waals surface area contributed by atoms with Crippen molar-refractivity contribution in [2.75, 3.05) is 0 Å². The summed E-state index contributed by atoms with van der Waals surface area (Å²) >= 11 is 0. The van der Waals surface area contributed by atoms with E-state index in [1.54, 1.807) is 6.08 Å². The van der Waals surface area contributed by atoms with Crippen molar-refractivity contribution in [3.63, 3.8) is 0 Å². The van der Waals surface area contributed by atoms with Crippen LogP contribution in [0.1, 0.15) is 41.3 Å². The van der Waals surface area contributed by atoms with Crippen molar-refractivity contribution < 1.29 is 21.8 Å². The van der Waals surface area contributed by atoms with Gasteiger partial charge in [-0.2, -0.15) is 8.42 Å². The number of carbonyl (C=O) groups excluding carboxylic acids is 1. The highest BCUT2D eigenvalue weighted by Gasteiger charge is 2.16. The molecule has 0 atom stereocenters. The Balaban J connectivity index is 1.67. The highest BCUT2D eigenvalue weighted by Crippen LogP contribution is 2.20. The predicted molar refractivity (Wildman–Crippen MR) is 115 cm³/mol. The van der Waals surface area contributed by atoms with Crippen molar-refractivity contribution in [3.05, 3.63) is 101 Å². The van der Waals surface area contributed by atoms with E-state index in [0.29, 0.717) is 11.5 Å². The molecule has 3 aromatic carbocycles. The lowest BCUT2D eigenvalue weighted by atomic mass is 10.0. The average Bonchev–Trinajstić information content (AvgIpc) is 2.73. The van der Waals surface area contributed by atoms with E-state index in [1.807, 2.05) is 24.3 Å². The summed E-state index contributed by atoms with van der Waals surface area (Å²) < 4.78 is 42.5. The first-order valence-electron chi connectivity index (χ1n) is 9.37. The minimum Gasteiger partial charge on any atom is -0.379 e. The molecule has 6 heteroatoms. The molecule has 0 aromatic heterocycles. The monoisotopic (exact) mass is 424 g/mol. The molecule has 4 nitrogen and oxygen atoms in total. The second-order valence-electron chi connectivity index (χ2n) is 7.03. The number of carbonyl (C=O) groups is 1. The Bertz CT molecular complexity index is 1150. The fraction of sp³-hybridized carbons (Fsp3) is 0.125. The van der Waals surface area contributed by atoms with Gasteiger partial charge in [0.25, 0.3) is 0 Å². The van der Waals surface area contributed by atoms with Crippen molar-refractivity contribution in [2.45, 2.75) is 24.7 Å².